The fraction of sp³-hybridized carbons (Fsp3) is 0.833. The van der Waals surface area contributed by atoms with Crippen molar-refractivity contribution in [3.05, 3.63) is 0 Å². The molecule has 0 aliphatic carbocycles. The van der Waals surface area contributed by atoms with Gasteiger partial charge in [0.25, 0.3) is 0 Å². The molecule has 2 nitrogen and oxygen atoms in total. The summed E-state index contributed by atoms with van der Waals surface area (Å²) in [7, 11) is 2.04. The highest BCUT2D eigenvalue weighted by atomic mass is 15.2. The van der Waals surface area contributed by atoms with Crippen molar-refractivity contribution >= 4 is 0 Å². The fourth-order valence-electron chi connectivity index (χ4n) is 2.15. The molecule has 80 valence electrons. The van der Waals surface area contributed by atoms with Gasteiger partial charge in [-0.15, -0.1) is 11.8 Å². The van der Waals surface area contributed by atoms with Crippen molar-refractivity contribution in [1.29, 1.82) is 0 Å². The molecule has 0 saturated carbocycles. The molecule has 1 aliphatic rings. The topological polar surface area (TPSA) is 15.3 Å². The van der Waals surface area contributed by atoms with E-state index >= 15 is 0 Å². The molecule has 1 unspecified atom stereocenters. The molecule has 0 amide bonds. The van der Waals surface area contributed by atoms with Gasteiger partial charge in [0.05, 0.1) is 0 Å². The lowest BCUT2D eigenvalue weighted by Crippen LogP contribution is -2.45. The Labute approximate surface area is 88.1 Å². The maximum absolute atomic E-state index is 3.28. The standard InChI is InChI=1S/C12H22N2/c1-3-4-6-9-14-10-7-5-8-12(14)11-13-2/h12-13H,5-11H2,1-2H3. The van der Waals surface area contributed by atoms with Gasteiger partial charge < -0.3 is 5.32 Å². The van der Waals surface area contributed by atoms with Crippen molar-refractivity contribution in [2.45, 2.75) is 38.6 Å². The zero-order chi connectivity index (χ0) is 10.2. The molecule has 0 radical (unpaired) electrons. The minimum absolute atomic E-state index is 0.743. The lowest BCUT2D eigenvalue weighted by Gasteiger charge is -2.35. The summed E-state index contributed by atoms with van der Waals surface area (Å²) >= 11 is 0. The first-order valence-electron chi connectivity index (χ1n) is 5.66. The molecular formula is C12H22N2. The van der Waals surface area contributed by atoms with Gasteiger partial charge in [-0.3, -0.25) is 4.90 Å². The quantitative estimate of drug-likeness (QED) is 0.682. The molecule has 0 aromatic heterocycles. The van der Waals surface area contributed by atoms with Gasteiger partial charge in [0.2, 0.25) is 0 Å². The Kier molecular flexibility index (Phi) is 5.66. The fourth-order valence-corrected chi connectivity index (χ4v) is 2.15. The van der Waals surface area contributed by atoms with Gasteiger partial charge in [-0.05, 0) is 33.4 Å². The summed E-state index contributed by atoms with van der Waals surface area (Å²) in [5.41, 5.74) is 0. The van der Waals surface area contributed by atoms with E-state index in [9.17, 15) is 0 Å². The number of hydrogen-bond donors (Lipinski definition) is 1. The summed E-state index contributed by atoms with van der Waals surface area (Å²) in [6.45, 7) is 5.45. The zero-order valence-corrected chi connectivity index (χ0v) is 9.47. The summed E-state index contributed by atoms with van der Waals surface area (Å²) in [4.78, 5) is 2.59. The van der Waals surface area contributed by atoms with Crippen LogP contribution in [0.1, 0.15) is 32.6 Å². The van der Waals surface area contributed by atoms with E-state index in [2.05, 4.69) is 22.1 Å². The maximum atomic E-state index is 3.28. The molecule has 0 spiro atoms. The van der Waals surface area contributed by atoms with Crippen LogP contribution in [-0.4, -0.2) is 37.6 Å². The molecular weight excluding hydrogens is 172 g/mol. The largest absolute Gasteiger partial charge is 0.318 e. The molecule has 0 aromatic rings. The van der Waals surface area contributed by atoms with Crippen LogP contribution < -0.4 is 5.32 Å². The van der Waals surface area contributed by atoms with Crippen molar-refractivity contribution in [3.63, 3.8) is 0 Å². The average molecular weight is 194 g/mol. The molecule has 1 fully saturated rings. The highest BCUT2D eigenvalue weighted by Crippen LogP contribution is 2.16. The molecule has 2 heteroatoms. The number of hydrogen-bond acceptors (Lipinski definition) is 2. The summed E-state index contributed by atoms with van der Waals surface area (Å²) in [6, 6.07) is 0.743. The molecule has 1 atom stereocenters. The third-order valence-electron chi connectivity index (χ3n) is 2.89. The number of piperidine rings is 1. The average Bonchev–Trinajstić information content (AvgIpc) is 2.21. The number of nitrogens with one attached hydrogen (secondary N) is 1. The van der Waals surface area contributed by atoms with E-state index in [4.69, 9.17) is 0 Å². The summed E-state index contributed by atoms with van der Waals surface area (Å²) in [6.07, 6.45) is 5.12. The van der Waals surface area contributed by atoms with Crippen LogP contribution in [0.4, 0.5) is 0 Å². The van der Waals surface area contributed by atoms with Crippen LogP contribution in [0.5, 0.6) is 0 Å². The van der Waals surface area contributed by atoms with Gasteiger partial charge in [-0.1, -0.05) is 6.42 Å². The number of likely N-dealkylation sites (N-methyl/N-ethyl adjacent to an activating group) is 1. The number of likely N-dealkylation sites (tertiary alicyclic amines) is 1. The Morgan fingerprint density at radius 3 is 3.00 bits per heavy atom. The highest BCUT2D eigenvalue weighted by molar-refractivity contribution is 4.96. The molecule has 1 aliphatic heterocycles. The number of rotatable bonds is 4. The maximum Gasteiger partial charge on any atom is 0.0220 e. The second kappa shape index (κ2) is 6.86. The molecule has 0 bridgehead atoms. The van der Waals surface area contributed by atoms with Gasteiger partial charge in [-0.2, -0.15) is 0 Å². The molecule has 1 rings (SSSR count). The summed E-state index contributed by atoms with van der Waals surface area (Å²) in [5, 5.41) is 3.28. The van der Waals surface area contributed by atoms with Crippen LogP contribution >= 0.6 is 0 Å². The predicted octanol–water partition coefficient (Wildman–Crippen LogP) is 1.47. The van der Waals surface area contributed by atoms with Crippen molar-refractivity contribution in [1.82, 2.24) is 10.2 Å². The lowest BCUT2D eigenvalue weighted by atomic mass is 10.0. The van der Waals surface area contributed by atoms with Gasteiger partial charge in [0, 0.05) is 25.6 Å². The monoisotopic (exact) mass is 194 g/mol. The minimum atomic E-state index is 0.743. The van der Waals surface area contributed by atoms with Gasteiger partial charge in [0.15, 0.2) is 0 Å². The van der Waals surface area contributed by atoms with E-state index < -0.39 is 0 Å². The predicted molar refractivity (Wildman–Crippen MR) is 61.2 cm³/mol. The first-order valence-corrected chi connectivity index (χ1v) is 5.66. The van der Waals surface area contributed by atoms with Gasteiger partial charge >= 0.3 is 0 Å². The third-order valence-corrected chi connectivity index (χ3v) is 2.89. The van der Waals surface area contributed by atoms with E-state index in [0.29, 0.717) is 0 Å². The lowest BCUT2D eigenvalue weighted by molar-refractivity contribution is 0.151. The van der Waals surface area contributed by atoms with Crippen LogP contribution in [0.2, 0.25) is 0 Å². The van der Waals surface area contributed by atoms with Crippen molar-refractivity contribution in [2.24, 2.45) is 0 Å². The van der Waals surface area contributed by atoms with E-state index in [-0.39, 0.29) is 0 Å². The first-order chi connectivity index (χ1) is 6.88. The second-order valence-corrected chi connectivity index (χ2v) is 3.92. The molecule has 1 N–H and O–H groups in total. The van der Waals surface area contributed by atoms with Crippen molar-refractivity contribution in [3.8, 4) is 11.8 Å². The van der Waals surface area contributed by atoms with Crippen LogP contribution in [0.3, 0.4) is 0 Å². The smallest absolute Gasteiger partial charge is 0.0220 e. The Balaban J connectivity index is 2.32. The van der Waals surface area contributed by atoms with E-state index in [1.807, 2.05) is 14.0 Å². The van der Waals surface area contributed by atoms with Crippen molar-refractivity contribution in [2.75, 3.05) is 26.7 Å². The van der Waals surface area contributed by atoms with Crippen LogP contribution in [-0.2, 0) is 0 Å². The molecule has 0 aromatic carbocycles. The second-order valence-electron chi connectivity index (χ2n) is 3.92. The van der Waals surface area contributed by atoms with E-state index in [0.717, 1.165) is 25.6 Å². The minimum Gasteiger partial charge on any atom is -0.318 e. The molecule has 14 heavy (non-hydrogen) atoms. The third kappa shape index (κ3) is 3.69. The number of nitrogens with zero attached hydrogens (tertiary/aromatic N) is 1. The Morgan fingerprint density at radius 2 is 2.29 bits per heavy atom. The Hall–Kier alpha value is -0.520. The van der Waals surface area contributed by atoms with E-state index in [1.54, 1.807) is 0 Å². The molecule has 1 heterocycles. The SMILES string of the molecule is CC#CCCN1CCCCC1CNC. The molecule has 1 saturated heterocycles. The highest BCUT2D eigenvalue weighted by Gasteiger charge is 2.20. The normalized spacial score (nSPS) is 22.9. The van der Waals surface area contributed by atoms with Crippen LogP contribution in [0.25, 0.3) is 0 Å². The van der Waals surface area contributed by atoms with E-state index in [1.165, 1.54) is 25.8 Å². The van der Waals surface area contributed by atoms with Gasteiger partial charge in [-0.25, -0.2) is 0 Å². The van der Waals surface area contributed by atoms with Crippen molar-refractivity contribution < 1.29 is 0 Å². The Bertz CT molecular complexity index is 200. The summed E-state index contributed by atoms with van der Waals surface area (Å²) in [5.74, 6) is 6.11. The van der Waals surface area contributed by atoms with Crippen LogP contribution in [0.15, 0.2) is 0 Å². The van der Waals surface area contributed by atoms with Gasteiger partial charge in [0.1, 0.15) is 0 Å². The summed E-state index contributed by atoms with van der Waals surface area (Å²) < 4.78 is 0. The first kappa shape index (κ1) is 11.6. The van der Waals surface area contributed by atoms with Crippen LogP contribution in [0, 0.1) is 11.8 Å². The Morgan fingerprint density at radius 1 is 1.43 bits per heavy atom. The zero-order valence-electron chi connectivity index (χ0n) is 9.47.